The lowest BCUT2D eigenvalue weighted by Gasteiger charge is -2.18. The van der Waals surface area contributed by atoms with Crippen LogP contribution in [0.1, 0.15) is 27.9 Å². The number of urea groups is 1. The van der Waals surface area contributed by atoms with Crippen molar-refractivity contribution >= 4 is 17.6 Å². The molecule has 0 aliphatic carbocycles. The van der Waals surface area contributed by atoms with E-state index in [9.17, 15) is 9.59 Å². The predicted octanol–water partition coefficient (Wildman–Crippen LogP) is 3.09. The van der Waals surface area contributed by atoms with Gasteiger partial charge in [0.15, 0.2) is 0 Å². The topological polar surface area (TPSA) is 64.7 Å². The zero-order chi connectivity index (χ0) is 20.1. The van der Waals surface area contributed by atoms with Crippen LogP contribution in [0.2, 0.25) is 0 Å². The summed E-state index contributed by atoms with van der Waals surface area (Å²) in [5.41, 5.74) is 3.42. The Kier molecular flexibility index (Phi) is 6.31. The maximum absolute atomic E-state index is 12.5. The Morgan fingerprint density at radius 1 is 1.14 bits per heavy atom. The zero-order valence-electron chi connectivity index (χ0n) is 16.7. The molecule has 6 heteroatoms. The van der Waals surface area contributed by atoms with Crippen LogP contribution in [0.5, 0.6) is 0 Å². The van der Waals surface area contributed by atoms with Crippen molar-refractivity contribution in [3.63, 3.8) is 0 Å². The minimum Gasteiger partial charge on any atom is -0.345 e. The van der Waals surface area contributed by atoms with Crippen molar-refractivity contribution in [2.45, 2.75) is 25.9 Å². The summed E-state index contributed by atoms with van der Waals surface area (Å²) in [4.78, 5) is 28.5. The summed E-state index contributed by atoms with van der Waals surface area (Å²) in [5.74, 6) is -0.0872. The normalized spacial score (nSPS) is 16.6. The number of likely N-dealkylation sites (tertiary alicyclic amines) is 1. The maximum Gasteiger partial charge on any atom is 0.319 e. The van der Waals surface area contributed by atoms with E-state index < -0.39 is 0 Å². The fraction of sp³-hybridized carbons (Fsp3) is 0.364. The smallest absolute Gasteiger partial charge is 0.319 e. The molecule has 3 rings (SSSR count). The molecular formula is C22H28N4O2. The lowest BCUT2D eigenvalue weighted by molar-refractivity contribution is 0.0827. The Balaban J connectivity index is 1.55. The number of anilines is 1. The molecule has 148 valence electrons. The van der Waals surface area contributed by atoms with Crippen molar-refractivity contribution in [3.05, 3.63) is 65.2 Å². The molecule has 1 heterocycles. The molecule has 0 spiro atoms. The molecule has 1 fully saturated rings. The van der Waals surface area contributed by atoms with E-state index in [0.717, 1.165) is 31.6 Å². The molecule has 0 bridgehead atoms. The highest BCUT2D eigenvalue weighted by Gasteiger charge is 2.24. The predicted molar refractivity (Wildman–Crippen MR) is 111 cm³/mol. The standard InChI is InChI=1S/C22H28N4O2/c1-16-9-10-18(21(27)25(2)3)13-20(16)24-22(28)23-19-11-12-26(15-19)14-17-7-5-4-6-8-17/h4-10,13,19H,11-12,14-15H2,1-3H3,(H2,23,24,28)/t19-/m0/s1. The summed E-state index contributed by atoms with van der Waals surface area (Å²) in [6.07, 6.45) is 0.929. The molecule has 0 saturated carbocycles. The van der Waals surface area contributed by atoms with Gasteiger partial charge in [0.1, 0.15) is 0 Å². The Morgan fingerprint density at radius 3 is 2.61 bits per heavy atom. The minimum atomic E-state index is -0.232. The van der Waals surface area contributed by atoms with Gasteiger partial charge in [0.25, 0.3) is 5.91 Å². The molecule has 1 aliphatic rings. The van der Waals surface area contributed by atoms with Gasteiger partial charge in [-0.2, -0.15) is 0 Å². The van der Waals surface area contributed by atoms with Crippen LogP contribution >= 0.6 is 0 Å². The van der Waals surface area contributed by atoms with E-state index in [1.54, 1.807) is 26.2 Å². The number of amides is 3. The van der Waals surface area contributed by atoms with Crippen LogP contribution in [0.15, 0.2) is 48.5 Å². The van der Waals surface area contributed by atoms with Gasteiger partial charge in [-0.15, -0.1) is 0 Å². The van der Waals surface area contributed by atoms with E-state index in [-0.39, 0.29) is 18.0 Å². The van der Waals surface area contributed by atoms with E-state index >= 15 is 0 Å². The Hall–Kier alpha value is -2.86. The van der Waals surface area contributed by atoms with Crippen LogP contribution in [0.3, 0.4) is 0 Å². The van der Waals surface area contributed by atoms with E-state index in [4.69, 9.17) is 0 Å². The quantitative estimate of drug-likeness (QED) is 0.838. The fourth-order valence-electron chi connectivity index (χ4n) is 3.43. The molecule has 3 amide bonds. The number of hydrogen-bond donors (Lipinski definition) is 2. The summed E-state index contributed by atoms with van der Waals surface area (Å²) < 4.78 is 0. The number of carbonyl (C=O) groups excluding carboxylic acids is 2. The molecule has 28 heavy (non-hydrogen) atoms. The number of hydrogen-bond acceptors (Lipinski definition) is 3. The Labute approximate surface area is 166 Å². The van der Waals surface area contributed by atoms with Crippen molar-refractivity contribution < 1.29 is 9.59 Å². The monoisotopic (exact) mass is 380 g/mol. The molecule has 2 aromatic carbocycles. The number of nitrogens with zero attached hydrogens (tertiary/aromatic N) is 2. The molecule has 0 aromatic heterocycles. The second-order valence-corrected chi connectivity index (χ2v) is 7.53. The van der Waals surface area contributed by atoms with Gasteiger partial charge in [0.2, 0.25) is 0 Å². The zero-order valence-corrected chi connectivity index (χ0v) is 16.7. The summed E-state index contributed by atoms with van der Waals surface area (Å²) in [7, 11) is 3.42. The van der Waals surface area contributed by atoms with Gasteiger partial charge >= 0.3 is 6.03 Å². The molecular weight excluding hydrogens is 352 g/mol. The minimum absolute atomic E-state index is 0.0872. The van der Waals surface area contributed by atoms with Gasteiger partial charge in [-0.1, -0.05) is 36.4 Å². The van der Waals surface area contributed by atoms with Crippen LogP contribution in [0.4, 0.5) is 10.5 Å². The van der Waals surface area contributed by atoms with Gasteiger partial charge < -0.3 is 15.5 Å². The molecule has 2 aromatic rings. The molecule has 1 atom stereocenters. The van der Waals surface area contributed by atoms with E-state index in [0.29, 0.717) is 11.3 Å². The first kappa shape index (κ1) is 19.9. The Bertz CT molecular complexity index is 836. The van der Waals surface area contributed by atoms with Gasteiger partial charge in [-0.25, -0.2) is 4.79 Å². The van der Waals surface area contributed by atoms with Gasteiger partial charge in [0.05, 0.1) is 0 Å². The van der Waals surface area contributed by atoms with Crippen LogP contribution in [0, 0.1) is 6.92 Å². The fourth-order valence-corrected chi connectivity index (χ4v) is 3.43. The summed E-state index contributed by atoms with van der Waals surface area (Å²) >= 11 is 0. The first-order valence-corrected chi connectivity index (χ1v) is 9.58. The molecule has 1 saturated heterocycles. The molecule has 2 N–H and O–H groups in total. The summed E-state index contributed by atoms with van der Waals surface area (Å²) in [6.45, 7) is 4.61. The van der Waals surface area contributed by atoms with Crippen molar-refractivity contribution in [2.75, 3.05) is 32.5 Å². The second-order valence-electron chi connectivity index (χ2n) is 7.53. The van der Waals surface area contributed by atoms with Crippen LogP contribution < -0.4 is 10.6 Å². The van der Waals surface area contributed by atoms with Gasteiger partial charge in [-0.3, -0.25) is 9.69 Å². The number of nitrogens with one attached hydrogen (secondary N) is 2. The molecule has 0 unspecified atom stereocenters. The first-order valence-electron chi connectivity index (χ1n) is 9.58. The first-order chi connectivity index (χ1) is 13.4. The van der Waals surface area contributed by atoms with E-state index in [1.165, 1.54) is 10.5 Å². The average molecular weight is 380 g/mol. The lowest BCUT2D eigenvalue weighted by atomic mass is 10.1. The highest BCUT2D eigenvalue weighted by molar-refractivity contribution is 5.97. The number of aryl methyl sites for hydroxylation is 1. The van der Waals surface area contributed by atoms with Crippen LogP contribution in [-0.4, -0.2) is 55.0 Å². The summed E-state index contributed by atoms with van der Waals surface area (Å²) in [6, 6.07) is 15.6. The van der Waals surface area contributed by atoms with E-state index in [1.807, 2.05) is 31.2 Å². The third-order valence-electron chi connectivity index (χ3n) is 5.00. The highest BCUT2D eigenvalue weighted by Crippen LogP contribution is 2.18. The van der Waals surface area contributed by atoms with Crippen LogP contribution in [-0.2, 0) is 6.54 Å². The molecule has 1 aliphatic heterocycles. The number of benzene rings is 2. The largest absolute Gasteiger partial charge is 0.345 e. The molecule has 6 nitrogen and oxygen atoms in total. The lowest BCUT2D eigenvalue weighted by Crippen LogP contribution is -2.39. The third kappa shape index (κ3) is 5.10. The summed E-state index contributed by atoms with van der Waals surface area (Å²) in [5, 5.41) is 5.95. The third-order valence-corrected chi connectivity index (χ3v) is 5.00. The maximum atomic E-state index is 12.5. The number of rotatable bonds is 5. The van der Waals surface area contributed by atoms with Gasteiger partial charge in [-0.05, 0) is 36.6 Å². The van der Waals surface area contributed by atoms with Crippen molar-refractivity contribution in [3.8, 4) is 0 Å². The van der Waals surface area contributed by atoms with Crippen LogP contribution in [0.25, 0.3) is 0 Å². The SMILES string of the molecule is Cc1ccc(C(=O)N(C)C)cc1NC(=O)N[C@H]1CCN(Cc2ccccc2)C1. The Morgan fingerprint density at radius 2 is 1.89 bits per heavy atom. The second kappa shape index (κ2) is 8.89. The van der Waals surface area contributed by atoms with Crippen molar-refractivity contribution in [1.82, 2.24) is 15.1 Å². The van der Waals surface area contributed by atoms with Crippen molar-refractivity contribution in [1.29, 1.82) is 0 Å². The molecule has 0 radical (unpaired) electrons. The number of carbonyl (C=O) groups is 2. The van der Waals surface area contributed by atoms with Crippen molar-refractivity contribution in [2.24, 2.45) is 0 Å². The average Bonchev–Trinajstić information content (AvgIpc) is 3.10. The van der Waals surface area contributed by atoms with Gasteiger partial charge in [0, 0.05) is 51.0 Å². The highest BCUT2D eigenvalue weighted by atomic mass is 16.2. The van der Waals surface area contributed by atoms with E-state index in [2.05, 4.69) is 27.7 Å².